The smallest absolute Gasteiger partial charge is 0.0471 e. The fourth-order valence-corrected chi connectivity index (χ4v) is 3.75. The molecule has 2 fully saturated rings. The molecule has 2 bridgehead atoms. The standard InChI is InChI=1S/C16H23ClN2/c1-11(2)18-9-14-15(17)4-3-5-16(14)19-10-12-6-7-13(19)8-12/h3-5,11-13,18H,6-10H2,1-2H3. The number of hydrogen-bond acceptors (Lipinski definition) is 2. The van der Waals surface area contributed by atoms with Crippen LogP contribution >= 0.6 is 11.6 Å². The highest BCUT2D eigenvalue weighted by atomic mass is 35.5. The number of piperidine rings is 1. The monoisotopic (exact) mass is 278 g/mol. The first-order chi connectivity index (χ1) is 9.15. The first-order valence-electron chi connectivity index (χ1n) is 7.42. The van der Waals surface area contributed by atoms with Crippen molar-refractivity contribution in [3.63, 3.8) is 0 Å². The van der Waals surface area contributed by atoms with Crippen molar-refractivity contribution >= 4 is 17.3 Å². The van der Waals surface area contributed by atoms with Gasteiger partial charge in [-0.05, 0) is 37.3 Å². The van der Waals surface area contributed by atoms with Gasteiger partial charge >= 0.3 is 0 Å². The number of nitrogens with one attached hydrogen (secondary N) is 1. The van der Waals surface area contributed by atoms with Gasteiger partial charge in [0.15, 0.2) is 0 Å². The Balaban J connectivity index is 1.86. The molecule has 3 heteroatoms. The van der Waals surface area contributed by atoms with Gasteiger partial charge in [0.25, 0.3) is 0 Å². The molecule has 19 heavy (non-hydrogen) atoms. The summed E-state index contributed by atoms with van der Waals surface area (Å²) in [6.45, 7) is 6.43. The van der Waals surface area contributed by atoms with Gasteiger partial charge < -0.3 is 10.2 Å². The fraction of sp³-hybridized carbons (Fsp3) is 0.625. The molecule has 3 rings (SSSR count). The van der Waals surface area contributed by atoms with E-state index < -0.39 is 0 Å². The molecule has 0 spiro atoms. The largest absolute Gasteiger partial charge is 0.368 e. The molecule has 0 amide bonds. The van der Waals surface area contributed by atoms with Crippen LogP contribution in [0.25, 0.3) is 0 Å². The van der Waals surface area contributed by atoms with Crippen molar-refractivity contribution in [2.75, 3.05) is 11.4 Å². The second kappa shape index (κ2) is 5.34. The van der Waals surface area contributed by atoms with Crippen LogP contribution in [0.1, 0.15) is 38.7 Å². The van der Waals surface area contributed by atoms with Gasteiger partial charge in [0, 0.05) is 41.4 Å². The van der Waals surface area contributed by atoms with Gasteiger partial charge in [-0.1, -0.05) is 31.5 Å². The predicted molar refractivity (Wildman–Crippen MR) is 81.9 cm³/mol. The molecule has 1 saturated carbocycles. The van der Waals surface area contributed by atoms with Crippen molar-refractivity contribution in [1.29, 1.82) is 0 Å². The SMILES string of the molecule is CC(C)NCc1c(Cl)cccc1N1CC2CCC1C2. The van der Waals surface area contributed by atoms with Gasteiger partial charge in [-0.15, -0.1) is 0 Å². The van der Waals surface area contributed by atoms with E-state index in [9.17, 15) is 0 Å². The molecule has 1 heterocycles. The van der Waals surface area contributed by atoms with Crippen LogP contribution in [-0.4, -0.2) is 18.6 Å². The zero-order chi connectivity index (χ0) is 13.4. The van der Waals surface area contributed by atoms with Gasteiger partial charge in [-0.3, -0.25) is 0 Å². The van der Waals surface area contributed by atoms with Crippen LogP contribution in [0, 0.1) is 5.92 Å². The van der Waals surface area contributed by atoms with E-state index in [1.165, 1.54) is 37.1 Å². The molecule has 1 aromatic carbocycles. The van der Waals surface area contributed by atoms with Gasteiger partial charge in [0.2, 0.25) is 0 Å². The Hall–Kier alpha value is -0.730. The molecule has 1 aliphatic heterocycles. The van der Waals surface area contributed by atoms with Gasteiger partial charge in [0.05, 0.1) is 0 Å². The molecule has 1 N–H and O–H groups in total. The fourth-order valence-electron chi connectivity index (χ4n) is 3.52. The maximum Gasteiger partial charge on any atom is 0.0471 e. The first-order valence-corrected chi connectivity index (χ1v) is 7.80. The molecule has 2 unspecified atom stereocenters. The summed E-state index contributed by atoms with van der Waals surface area (Å²) in [6.07, 6.45) is 4.15. The normalized spacial score (nSPS) is 25.6. The Labute approximate surface area is 121 Å². The quantitative estimate of drug-likeness (QED) is 0.901. The third kappa shape index (κ3) is 2.61. The van der Waals surface area contributed by atoms with Crippen molar-refractivity contribution in [1.82, 2.24) is 5.32 Å². The van der Waals surface area contributed by atoms with Gasteiger partial charge in [-0.25, -0.2) is 0 Å². The topological polar surface area (TPSA) is 15.3 Å². The minimum atomic E-state index is 0.485. The lowest BCUT2D eigenvalue weighted by Gasteiger charge is -2.31. The molecule has 104 valence electrons. The molecular formula is C16H23ClN2. The molecule has 2 atom stereocenters. The number of hydrogen-bond donors (Lipinski definition) is 1. The van der Waals surface area contributed by atoms with Crippen LogP contribution in [0.3, 0.4) is 0 Å². The van der Waals surface area contributed by atoms with Crippen LogP contribution in [0.5, 0.6) is 0 Å². The van der Waals surface area contributed by atoms with Crippen LogP contribution in [0.2, 0.25) is 5.02 Å². The van der Waals surface area contributed by atoms with Crippen LogP contribution in [-0.2, 0) is 6.54 Å². The Bertz CT molecular complexity index is 458. The zero-order valence-electron chi connectivity index (χ0n) is 11.8. The average molecular weight is 279 g/mol. The van der Waals surface area contributed by atoms with Gasteiger partial charge in [-0.2, -0.15) is 0 Å². The van der Waals surface area contributed by atoms with E-state index in [0.29, 0.717) is 6.04 Å². The average Bonchev–Trinajstić information content (AvgIpc) is 2.99. The van der Waals surface area contributed by atoms with E-state index in [1.54, 1.807) is 0 Å². The predicted octanol–water partition coefficient (Wildman–Crippen LogP) is 3.83. The molecule has 1 aromatic rings. The highest BCUT2D eigenvalue weighted by Gasteiger charge is 2.38. The van der Waals surface area contributed by atoms with Crippen LogP contribution < -0.4 is 10.2 Å². The highest BCUT2D eigenvalue weighted by molar-refractivity contribution is 6.31. The van der Waals surface area contributed by atoms with Crippen molar-refractivity contribution in [2.24, 2.45) is 5.92 Å². The Morgan fingerprint density at radius 3 is 2.84 bits per heavy atom. The van der Waals surface area contributed by atoms with Crippen molar-refractivity contribution < 1.29 is 0 Å². The van der Waals surface area contributed by atoms with E-state index in [1.807, 2.05) is 6.07 Å². The number of rotatable bonds is 4. The minimum Gasteiger partial charge on any atom is -0.368 e. The van der Waals surface area contributed by atoms with Crippen LogP contribution in [0.15, 0.2) is 18.2 Å². The maximum atomic E-state index is 6.43. The van der Waals surface area contributed by atoms with Gasteiger partial charge in [0.1, 0.15) is 0 Å². The number of fused-ring (bicyclic) bond motifs is 2. The Kier molecular flexibility index (Phi) is 3.72. The second-order valence-electron chi connectivity index (χ2n) is 6.26. The summed E-state index contributed by atoms with van der Waals surface area (Å²) in [5.74, 6) is 0.912. The van der Waals surface area contributed by atoms with E-state index >= 15 is 0 Å². The Morgan fingerprint density at radius 2 is 2.21 bits per heavy atom. The number of anilines is 1. The van der Waals surface area contributed by atoms with E-state index in [4.69, 9.17) is 11.6 Å². The third-order valence-corrected chi connectivity index (χ3v) is 4.85. The van der Waals surface area contributed by atoms with E-state index in [2.05, 4.69) is 36.2 Å². The summed E-state index contributed by atoms with van der Waals surface area (Å²) in [5.41, 5.74) is 2.62. The molecule has 0 radical (unpaired) electrons. The van der Waals surface area contributed by atoms with E-state index in [0.717, 1.165) is 23.5 Å². The molecule has 2 aliphatic rings. The summed E-state index contributed by atoms with van der Waals surface area (Å²) in [4.78, 5) is 2.59. The molecular weight excluding hydrogens is 256 g/mol. The first kappa shape index (κ1) is 13.3. The number of nitrogens with zero attached hydrogens (tertiary/aromatic N) is 1. The highest BCUT2D eigenvalue weighted by Crippen LogP contribution is 2.42. The third-order valence-electron chi connectivity index (χ3n) is 4.50. The molecule has 1 saturated heterocycles. The Morgan fingerprint density at radius 1 is 1.37 bits per heavy atom. The lowest BCUT2D eigenvalue weighted by atomic mass is 10.1. The summed E-state index contributed by atoms with van der Waals surface area (Å²) >= 11 is 6.43. The summed E-state index contributed by atoms with van der Waals surface area (Å²) in [6, 6.07) is 7.57. The minimum absolute atomic E-state index is 0.485. The maximum absolute atomic E-state index is 6.43. The van der Waals surface area contributed by atoms with Crippen LogP contribution in [0.4, 0.5) is 5.69 Å². The summed E-state index contributed by atoms with van der Waals surface area (Å²) in [5, 5.41) is 4.40. The molecule has 1 aliphatic carbocycles. The lowest BCUT2D eigenvalue weighted by molar-refractivity contribution is 0.548. The number of benzene rings is 1. The van der Waals surface area contributed by atoms with Crippen molar-refractivity contribution in [3.05, 3.63) is 28.8 Å². The zero-order valence-corrected chi connectivity index (χ0v) is 12.6. The summed E-state index contributed by atoms with van der Waals surface area (Å²) in [7, 11) is 0. The summed E-state index contributed by atoms with van der Waals surface area (Å²) < 4.78 is 0. The lowest BCUT2D eigenvalue weighted by Crippen LogP contribution is -2.33. The molecule has 2 nitrogen and oxygen atoms in total. The van der Waals surface area contributed by atoms with Crippen molar-refractivity contribution in [3.8, 4) is 0 Å². The number of halogens is 1. The second-order valence-corrected chi connectivity index (χ2v) is 6.67. The van der Waals surface area contributed by atoms with E-state index in [-0.39, 0.29) is 0 Å². The molecule has 0 aromatic heterocycles. The van der Waals surface area contributed by atoms with Crippen molar-refractivity contribution in [2.45, 2.75) is 51.7 Å².